The Balaban J connectivity index is 1.32. The maximum absolute atomic E-state index is 13.4. The average Bonchev–Trinajstić information content (AvgIpc) is 3.18. The van der Waals surface area contributed by atoms with E-state index in [0.29, 0.717) is 37.5 Å². The first-order chi connectivity index (χ1) is 16.4. The van der Waals surface area contributed by atoms with Gasteiger partial charge in [0.05, 0.1) is 22.5 Å². The number of fused-ring (bicyclic) bond motifs is 1. The van der Waals surface area contributed by atoms with E-state index < -0.39 is 10.0 Å². The highest BCUT2D eigenvalue weighted by molar-refractivity contribution is 7.89. The number of halogens is 2. The Morgan fingerprint density at radius 2 is 1.65 bits per heavy atom. The molecule has 1 aromatic heterocycles. The van der Waals surface area contributed by atoms with Crippen LogP contribution in [-0.4, -0.2) is 41.4 Å². The zero-order chi connectivity index (χ0) is 23.7. The van der Waals surface area contributed by atoms with Crippen molar-refractivity contribution in [2.45, 2.75) is 30.3 Å². The summed E-state index contributed by atoms with van der Waals surface area (Å²) in [4.78, 5) is 5.03. The summed E-state index contributed by atoms with van der Waals surface area (Å²) in [6, 6.07) is 20.7. The van der Waals surface area contributed by atoms with Crippen LogP contribution in [0.4, 0.5) is 10.3 Å². The lowest BCUT2D eigenvalue weighted by atomic mass is 10.1. The van der Waals surface area contributed by atoms with Crippen molar-refractivity contribution in [2.75, 3.05) is 18.4 Å². The van der Waals surface area contributed by atoms with Crippen LogP contribution in [-0.2, 0) is 16.6 Å². The van der Waals surface area contributed by atoms with Crippen molar-refractivity contribution in [1.82, 2.24) is 13.9 Å². The van der Waals surface area contributed by atoms with E-state index in [1.165, 1.54) is 16.4 Å². The van der Waals surface area contributed by atoms with Crippen LogP contribution in [0.1, 0.15) is 18.4 Å². The van der Waals surface area contributed by atoms with Crippen LogP contribution in [0.2, 0.25) is 5.02 Å². The first kappa shape index (κ1) is 22.8. The number of aromatic nitrogens is 2. The molecule has 0 spiro atoms. The first-order valence-electron chi connectivity index (χ1n) is 11.1. The Morgan fingerprint density at radius 3 is 2.35 bits per heavy atom. The SMILES string of the molecule is O=S(=O)(c1ccc(Cl)cc1)N1CCC(Nc2nc3ccccc3n2Cc2ccc(F)cc2)CC1. The molecule has 1 aliphatic heterocycles. The molecular formula is C25H24ClFN4O2S. The summed E-state index contributed by atoms with van der Waals surface area (Å²) in [7, 11) is -3.55. The molecule has 0 saturated carbocycles. The molecule has 5 rings (SSSR count). The summed E-state index contributed by atoms with van der Waals surface area (Å²) in [6.45, 7) is 1.38. The molecular weight excluding hydrogens is 475 g/mol. The van der Waals surface area contributed by atoms with Gasteiger partial charge >= 0.3 is 0 Å². The summed E-state index contributed by atoms with van der Waals surface area (Å²) in [6.07, 6.45) is 1.32. The lowest BCUT2D eigenvalue weighted by Gasteiger charge is -2.32. The predicted octanol–water partition coefficient (Wildman–Crippen LogP) is 5.14. The number of para-hydroxylation sites is 2. The van der Waals surface area contributed by atoms with E-state index in [2.05, 4.69) is 9.88 Å². The van der Waals surface area contributed by atoms with Crippen molar-refractivity contribution in [3.63, 3.8) is 0 Å². The molecule has 0 amide bonds. The van der Waals surface area contributed by atoms with Gasteiger partial charge < -0.3 is 9.88 Å². The van der Waals surface area contributed by atoms with Gasteiger partial charge in [0.25, 0.3) is 0 Å². The number of imidazole rings is 1. The Kier molecular flexibility index (Phi) is 6.29. The van der Waals surface area contributed by atoms with Gasteiger partial charge in [0.1, 0.15) is 5.82 Å². The van der Waals surface area contributed by atoms with E-state index in [0.717, 1.165) is 22.5 Å². The van der Waals surface area contributed by atoms with Crippen LogP contribution in [0.25, 0.3) is 11.0 Å². The van der Waals surface area contributed by atoms with E-state index in [9.17, 15) is 12.8 Å². The monoisotopic (exact) mass is 498 g/mol. The molecule has 1 N–H and O–H groups in total. The van der Waals surface area contributed by atoms with Crippen LogP contribution >= 0.6 is 11.6 Å². The quantitative estimate of drug-likeness (QED) is 0.399. The largest absolute Gasteiger partial charge is 0.353 e. The van der Waals surface area contributed by atoms with Crippen molar-refractivity contribution in [1.29, 1.82) is 0 Å². The normalized spacial score (nSPS) is 15.6. The molecule has 0 aliphatic carbocycles. The lowest BCUT2D eigenvalue weighted by molar-refractivity contribution is 0.329. The average molecular weight is 499 g/mol. The predicted molar refractivity (Wildman–Crippen MR) is 132 cm³/mol. The van der Waals surface area contributed by atoms with E-state index in [-0.39, 0.29) is 16.8 Å². The standard InChI is InChI=1S/C25H24ClFN4O2S/c26-19-7-11-22(12-8-19)34(32,33)30-15-13-21(14-16-30)28-25-29-23-3-1-2-4-24(23)31(25)17-18-5-9-20(27)10-6-18/h1-12,21H,13-17H2,(H,28,29). The second-order valence-electron chi connectivity index (χ2n) is 8.41. The van der Waals surface area contributed by atoms with Gasteiger partial charge in [0, 0.05) is 24.2 Å². The van der Waals surface area contributed by atoms with Crippen LogP contribution in [0.15, 0.2) is 77.7 Å². The Morgan fingerprint density at radius 1 is 0.971 bits per heavy atom. The second kappa shape index (κ2) is 9.37. The van der Waals surface area contributed by atoms with Gasteiger partial charge in [-0.15, -0.1) is 0 Å². The van der Waals surface area contributed by atoms with E-state index in [4.69, 9.17) is 16.6 Å². The number of hydrogen-bond acceptors (Lipinski definition) is 4. The highest BCUT2D eigenvalue weighted by atomic mass is 35.5. The minimum Gasteiger partial charge on any atom is -0.353 e. The van der Waals surface area contributed by atoms with Gasteiger partial charge in [0.2, 0.25) is 16.0 Å². The number of nitrogens with one attached hydrogen (secondary N) is 1. The smallest absolute Gasteiger partial charge is 0.243 e. The number of sulfonamides is 1. The maximum Gasteiger partial charge on any atom is 0.243 e. The fourth-order valence-corrected chi connectivity index (χ4v) is 5.89. The highest BCUT2D eigenvalue weighted by Crippen LogP contribution is 2.26. The fraction of sp³-hybridized carbons (Fsp3) is 0.240. The van der Waals surface area contributed by atoms with Gasteiger partial charge in [-0.1, -0.05) is 35.9 Å². The lowest BCUT2D eigenvalue weighted by Crippen LogP contribution is -2.42. The number of nitrogens with zero attached hydrogens (tertiary/aromatic N) is 3. The summed E-state index contributed by atoms with van der Waals surface area (Å²) < 4.78 is 42.9. The third-order valence-electron chi connectivity index (χ3n) is 6.15. The minimum absolute atomic E-state index is 0.0837. The van der Waals surface area contributed by atoms with Crippen molar-refractivity contribution in [2.24, 2.45) is 0 Å². The molecule has 2 heterocycles. The molecule has 1 aliphatic rings. The Bertz CT molecular complexity index is 1400. The third kappa shape index (κ3) is 4.66. The van der Waals surface area contributed by atoms with E-state index >= 15 is 0 Å². The molecule has 0 atom stereocenters. The summed E-state index contributed by atoms with van der Waals surface area (Å²) in [5.41, 5.74) is 2.82. The molecule has 6 nitrogen and oxygen atoms in total. The van der Waals surface area contributed by atoms with Gasteiger partial charge in [-0.2, -0.15) is 4.31 Å². The van der Waals surface area contributed by atoms with Gasteiger partial charge in [-0.25, -0.2) is 17.8 Å². The van der Waals surface area contributed by atoms with Crippen LogP contribution in [0.3, 0.4) is 0 Å². The highest BCUT2D eigenvalue weighted by Gasteiger charge is 2.30. The number of benzene rings is 3. The van der Waals surface area contributed by atoms with E-state index in [1.807, 2.05) is 24.3 Å². The van der Waals surface area contributed by atoms with Crippen LogP contribution in [0, 0.1) is 5.82 Å². The second-order valence-corrected chi connectivity index (χ2v) is 10.8. The third-order valence-corrected chi connectivity index (χ3v) is 8.31. The molecule has 1 saturated heterocycles. The Labute approximate surface area is 203 Å². The van der Waals surface area contributed by atoms with Crippen LogP contribution < -0.4 is 5.32 Å². The Hall–Kier alpha value is -2.94. The summed E-state index contributed by atoms with van der Waals surface area (Å²) >= 11 is 5.90. The fourth-order valence-electron chi connectivity index (χ4n) is 4.30. The minimum atomic E-state index is -3.55. The maximum atomic E-state index is 13.4. The van der Waals surface area contributed by atoms with Crippen molar-refractivity contribution in [3.8, 4) is 0 Å². The molecule has 34 heavy (non-hydrogen) atoms. The zero-order valence-corrected chi connectivity index (χ0v) is 19.9. The van der Waals surface area contributed by atoms with Gasteiger partial charge in [0.15, 0.2) is 0 Å². The number of rotatable bonds is 6. The topological polar surface area (TPSA) is 67.2 Å². The zero-order valence-electron chi connectivity index (χ0n) is 18.4. The molecule has 9 heteroatoms. The molecule has 0 unspecified atom stereocenters. The van der Waals surface area contributed by atoms with Crippen LogP contribution in [0.5, 0.6) is 0 Å². The molecule has 4 aromatic rings. The van der Waals surface area contributed by atoms with Crippen molar-refractivity contribution in [3.05, 3.63) is 89.2 Å². The number of hydrogen-bond donors (Lipinski definition) is 1. The van der Waals surface area contributed by atoms with E-state index in [1.54, 1.807) is 36.4 Å². The van der Waals surface area contributed by atoms with Crippen molar-refractivity contribution >= 4 is 38.6 Å². The molecule has 0 radical (unpaired) electrons. The van der Waals surface area contributed by atoms with Gasteiger partial charge in [-0.3, -0.25) is 0 Å². The van der Waals surface area contributed by atoms with Gasteiger partial charge in [-0.05, 0) is 66.9 Å². The summed E-state index contributed by atoms with van der Waals surface area (Å²) in [5.74, 6) is 0.461. The molecule has 176 valence electrons. The molecule has 3 aromatic carbocycles. The molecule has 0 bridgehead atoms. The number of anilines is 1. The molecule has 1 fully saturated rings. The number of piperidine rings is 1. The first-order valence-corrected chi connectivity index (χ1v) is 12.9. The van der Waals surface area contributed by atoms with Crippen molar-refractivity contribution < 1.29 is 12.8 Å². The summed E-state index contributed by atoms with van der Waals surface area (Å²) in [5, 5.41) is 4.03.